The number of nitrogens with one attached hydrogen (secondary N) is 1. The van der Waals surface area contributed by atoms with Gasteiger partial charge in [0.15, 0.2) is 0 Å². The maximum Gasteiger partial charge on any atom is 0.0197 e. The lowest BCUT2D eigenvalue weighted by Gasteiger charge is -2.33. The first-order valence-corrected chi connectivity index (χ1v) is 7.99. The van der Waals surface area contributed by atoms with Gasteiger partial charge in [0.1, 0.15) is 0 Å². The smallest absolute Gasteiger partial charge is 0.0197 e. The van der Waals surface area contributed by atoms with Gasteiger partial charge in [-0.2, -0.15) is 0 Å². The van der Waals surface area contributed by atoms with Gasteiger partial charge in [-0.15, -0.1) is 11.3 Å². The molecule has 2 nitrogen and oxygen atoms in total. The van der Waals surface area contributed by atoms with E-state index in [-0.39, 0.29) is 0 Å². The van der Waals surface area contributed by atoms with Crippen molar-refractivity contribution in [3.8, 4) is 0 Å². The second-order valence-corrected chi connectivity index (χ2v) is 6.88. The fourth-order valence-electron chi connectivity index (χ4n) is 2.76. The largest absolute Gasteiger partial charge is 0.313 e. The molecule has 102 valence electrons. The summed E-state index contributed by atoms with van der Waals surface area (Å²) in [5.74, 6) is 0.886. The molecule has 0 radical (unpaired) electrons. The fourth-order valence-corrected chi connectivity index (χ4v) is 3.59. The summed E-state index contributed by atoms with van der Waals surface area (Å²) in [4.78, 5) is 4.01. The van der Waals surface area contributed by atoms with E-state index in [1.165, 1.54) is 37.2 Å². The van der Waals surface area contributed by atoms with Gasteiger partial charge in [0.05, 0.1) is 0 Å². The maximum atomic E-state index is 3.66. The molecule has 1 aliphatic rings. The Kier molecular flexibility index (Phi) is 5.22. The second-order valence-electron chi connectivity index (χ2n) is 5.85. The summed E-state index contributed by atoms with van der Waals surface area (Å²) in [7, 11) is 2.26. The predicted molar refractivity (Wildman–Crippen MR) is 80.3 cm³/mol. The number of hydrogen-bond donors (Lipinski definition) is 1. The minimum absolute atomic E-state index is 0.627. The van der Waals surface area contributed by atoms with Crippen LogP contribution in [0.15, 0.2) is 17.5 Å². The topological polar surface area (TPSA) is 15.3 Å². The van der Waals surface area contributed by atoms with Crippen molar-refractivity contribution in [2.45, 2.75) is 45.2 Å². The standard InChI is InChI=1S/C15H26N2S/c1-12-6-7-16-14(9-12)11-17(3)13(2)10-15-5-4-8-18-15/h4-5,8,12-14,16H,6-7,9-11H2,1-3H3. The molecule has 1 fully saturated rings. The maximum absolute atomic E-state index is 3.66. The molecule has 0 amide bonds. The Morgan fingerprint density at radius 2 is 2.39 bits per heavy atom. The highest BCUT2D eigenvalue weighted by molar-refractivity contribution is 7.09. The molecule has 0 saturated carbocycles. The van der Waals surface area contributed by atoms with Gasteiger partial charge >= 0.3 is 0 Å². The van der Waals surface area contributed by atoms with E-state index in [1.807, 2.05) is 11.3 Å². The van der Waals surface area contributed by atoms with E-state index < -0.39 is 0 Å². The van der Waals surface area contributed by atoms with Crippen LogP contribution in [0.4, 0.5) is 0 Å². The van der Waals surface area contributed by atoms with Crippen LogP contribution < -0.4 is 5.32 Å². The van der Waals surface area contributed by atoms with Crippen molar-refractivity contribution in [1.82, 2.24) is 10.2 Å². The Labute approximate surface area is 115 Å². The van der Waals surface area contributed by atoms with Crippen molar-refractivity contribution < 1.29 is 0 Å². The summed E-state index contributed by atoms with van der Waals surface area (Å²) in [5.41, 5.74) is 0. The molecule has 1 N–H and O–H groups in total. The minimum Gasteiger partial charge on any atom is -0.313 e. The first kappa shape index (κ1) is 14.0. The van der Waals surface area contributed by atoms with Gasteiger partial charge in [0, 0.05) is 23.5 Å². The third-order valence-corrected chi connectivity index (χ3v) is 4.99. The van der Waals surface area contributed by atoms with Crippen LogP contribution in [0.2, 0.25) is 0 Å². The summed E-state index contributed by atoms with van der Waals surface area (Å²) in [5, 5.41) is 5.83. The van der Waals surface area contributed by atoms with E-state index in [1.54, 1.807) is 0 Å². The van der Waals surface area contributed by atoms with Crippen molar-refractivity contribution in [1.29, 1.82) is 0 Å². The highest BCUT2D eigenvalue weighted by Crippen LogP contribution is 2.18. The van der Waals surface area contributed by atoms with E-state index >= 15 is 0 Å². The van der Waals surface area contributed by atoms with Crippen LogP contribution in [0.1, 0.15) is 31.6 Å². The molecule has 1 aromatic rings. The molecule has 3 atom stereocenters. The molecule has 3 heteroatoms. The van der Waals surface area contributed by atoms with Crippen molar-refractivity contribution >= 4 is 11.3 Å². The Morgan fingerprint density at radius 3 is 3.06 bits per heavy atom. The monoisotopic (exact) mass is 266 g/mol. The van der Waals surface area contributed by atoms with Gasteiger partial charge in [-0.25, -0.2) is 0 Å². The first-order valence-electron chi connectivity index (χ1n) is 7.11. The predicted octanol–water partition coefficient (Wildman–Crippen LogP) is 3.00. The number of thiophene rings is 1. The first-order chi connectivity index (χ1) is 8.65. The van der Waals surface area contributed by atoms with Crippen LogP contribution in [-0.4, -0.2) is 37.1 Å². The van der Waals surface area contributed by atoms with Crippen LogP contribution in [0, 0.1) is 5.92 Å². The van der Waals surface area contributed by atoms with Crippen LogP contribution in [-0.2, 0) is 6.42 Å². The lowest BCUT2D eigenvalue weighted by molar-refractivity contribution is 0.196. The molecule has 0 aliphatic carbocycles. The van der Waals surface area contributed by atoms with Crippen LogP contribution in [0.3, 0.4) is 0 Å². The highest BCUT2D eigenvalue weighted by Gasteiger charge is 2.21. The molecule has 0 aromatic carbocycles. The number of rotatable bonds is 5. The zero-order valence-electron chi connectivity index (χ0n) is 11.9. The van der Waals surface area contributed by atoms with Crippen molar-refractivity contribution in [2.24, 2.45) is 5.92 Å². The molecule has 0 bridgehead atoms. The van der Waals surface area contributed by atoms with Crippen LogP contribution in [0.25, 0.3) is 0 Å². The summed E-state index contributed by atoms with van der Waals surface area (Å²) < 4.78 is 0. The molecule has 1 aromatic heterocycles. The van der Waals surface area contributed by atoms with Crippen LogP contribution in [0.5, 0.6) is 0 Å². The third kappa shape index (κ3) is 4.08. The molecule has 2 heterocycles. The number of piperidine rings is 1. The molecule has 0 spiro atoms. The number of likely N-dealkylation sites (N-methyl/N-ethyl adjacent to an activating group) is 1. The minimum atomic E-state index is 0.627. The Bertz CT molecular complexity index is 336. The molecule has 18 heavy (non-hydrogen) atoms. The summed E-state index contributed by atoms with van der Waals surface area (Å²) in [6.07, 6.45) is 3.84. The molecular formula is C15H26N2S. The van der Waals surface area contributed by atoms with Crippen LogP contribution >= 0.6 is 11.3 Å². The molecule has 2 rings (SSSR count). The molecule has 3 unspecified atom stereocenters. The number of nitrogens with zero attached hydrogens (tertiary/aromatic N) is 1. The normalized spacial score (nSPS) is 26.4. The summed E-state index contributed by atoms with van der Waals surface area (Å²) >= 11 is 1.87. The second kappa shape index (κ2) is 6.69. The van der Waals surface area contributed by atoms with Gasteiger partial charge in [-0.1, -0.05) is 13.0 Å². The van der Waals surface area contributed by atoms with E-state index in [0.29, 0.717) is 12.1 Å². The van der Waals surface area contributed by atoms with Gasteiger partial charge < -0.3 is 10.2 Å². The quantitative estimate of drug-likeness (QED) is 0.881. The van der Waals surface area contributed by atoms with Gasteiger partial charge in [-0.3, -0.25) is 0 Å². The zero-order chi connectivity index (χ0) is 13.0. The van der Waals surface area contributed by atoms with E-state index in [4.69, 9.17) is 0 Å². The van der Waals surface area contributed by atoms with Crippen molar-refractivity contribution in [2.75, 3.05) is 20.1 Å². The molecular weight excluding hydrogens is 240 g/mol. The van der Waals surface area contributed by atoms with Crippen molar-refractivity contribution in [3.63, 3.8) is 0 Å². The van der Waals surface area contributed by atoms with E-state index in [9.17, 15) is 0 Å². The van der Waals surface area contributed by atoms with Gasteiger partial charge in [0.25, 0.3) is 0 Å². The average Bonchev–Trinajstić information content (AvgIpc) is 2.81. The highest BCUT2D eigenvalue weighted by atomic mass is 32.1. The Morgan fingerprint density at radius 1 is 1.56 bits per heavy atom. The van der Waals surface area contributed by atoms with Gasteiger partial charge in [0.2, 0.25) is 0 Å². The molecule has 1 aliphatic heterocycles. The lowest BCUT2D eigenvalue weighted by atomic mass is 9.94. The SMILES string of the molecule is CC1CCNC(CN(C)C(C)Cc2cccs2)C1. The van der Waals surface area contributed by atoms with E-state index in [2.05, 4.69) is 48.6 Å². The molecule has 1 saturated heterocycles. The fraction of sp³-hybridized carbons (Fsp3) is 0.733. The third-order valence-electron chi connectivity index (χ3n) is 4.09. The average molecular weight is 266 g/mol. The lowest BCUT2D eigenvalue weighted by Crippen LogP contribution is -2.46. The van der Waals surface area contributed by atoms with E-state index in [0.717, 1.165) is 5.92 Å². The summed E-state index contributed by atoms with van der Waals surface area (Å²) in [6.45, 7) is 7.09. The Hall–Kier alpha value is -0.380. The Balaban J connectivity index is 1.77. The van der Waals surface area contributed by atoms with Gasteiger partial charge in [-0.05, 0) is 57.1 Å². The number of hydrogen-bond acceptors (Lipinski definition) is 3. The zero-order valence-corrected chi connectivity index (χ0v) is 12.7. The van der Waals surface area contributed by atoms with Crippen molar-refractivity contribution in [3.05, 3.63) is 22.4 Å². The summed E-state index contributed by atoms with van der Waals surface area (Å²) in [6, 6.07) is 5.71.